The lowest BCUT2D eigenvalue weighted by Crippen LogP contribution is -2.35. The van der Waals surface area contributed by atoms with Crippen LogP contribution in [0, 0.1) is 0 Å². The van der Waals surface area contributed by atoms with Crippen LogP contribution < -0.4 is 0 Å². The number of carbonyl (C=O) groups excluding carboxylic acids is 1. The number of carbonyl (C=O) groups is 1. The number of hydrogen-bond acceptors (Lipinski definition) is 7. The average molecular weight is 295 g/mol. The maximum absolute atomic E-state index is 11.4. The summed E-state index contributed by atoms with van der Waals surface area (Å²) in [5, 5.41) is 7.87. The minimum Gasteiger partial charge on any atom is -0.468 e. The van der Waals surface area contributed by atoms with E-state index >= 15 is 0 Å². The van der Waals surface area contributed by atoms with E-state index < -0.39 is 0 Å². The zero-order valence-corrected chi connectivity index (χ0v) is 12.5. The molecule has 0 spiro atoms. The number of aromatic nitrogens is 2. The van der Waals surface area contributed by atoms with E-state index in [9.17, 15) is 4.79 Å². The van der Waals surface area contributed by atoms with Gasteiger partial charge in [0.15, 0.2) is 0 Å². The minimum absolute atomic E-state index is 0.172. The third kappa shape index (κ3) is 3.64. The first-order chi connectivity index (χ1) is 9.60. The summed E-state index contributed by atoms with van der Waals surface area (Å²) in [5.41, 5.74) is 0.939. The molecule has 0 saturated carbocycles. The number of thiophene rings is 1. The number of esters is 1. The normalized spacial score (nSPS) is 11.2. The first-order valence-electron chi connectivity index (χ1n) is 6.26. The van der Waals surface area contributed by atoms with Crippen molar-refractivity contribution in [3.8, 4) is 11.4 Å². The predicted molar refractivity (Wildman–Crippen MR) is 75.2 cm³/mol. The second-order valence-corrected chi connectivity index (χ2v) is 5.38. The SMILES string of the molecule is COC(=O)CN(Cc1nc(-c2ccsc2)no1)C(C)C. The molecule has 0 fully saturated rings. The lowest BCUT2D eigenvalue weighted by Gasteiger charge is -2.22. The van der Waals surface area contributed by atoms with Crippen LogP contribution in [-0.4, -0.2) is 40.7 Å². The van der Waals surface area contributed by atoms with Crippen LogP contribution in [0.4, 0.5) is 0 Å². The van der Waals surface area contributed by atoms with Crippen molar-refractivity contribution in [2.24, 2.45) is 0 Å². The van der Waals surface area contributed by atoms with E-state index in [1.165, 1.54) is 7.11 Å². The van der Waals surface area contributed by atoms with E-state index in [4.69, 9.17) is 4.52 Å². The smallest absolute Gasteiger partial charge is 0.319 e. The topological polar surface area (TPSA) is 68.5 Å². The van der Waals surface area contributed by atoms with Crippen LogP contribution in [0.3, 0.4) is 0 Å². The average Bonchev–Trinajstić information content (AvgIpc) is 3.08. The Morgan fingerprint density at radius 1 is 1.55 bits per heavy atom. The third-order valence-corrected chi connectivity index (χ3v) is 3.56. The Labute approximate surface area is 121 Å². The number of rotatable bonds is 6. The Bertz CT molecular complexity index is 551. The van der Waals surface area contributed by atoms with Gasteiger partial charge >= 0.3 is 5.97 Å². The monoisotopic (exact) mass is 295 g/mol. The quantitative estimate of drug-likeness (QED) is 0.761. The molecule has 0 radical (unpaired) electrons. The highest BCUT2D eigenvalue weighted by molar-refractivity contribution is 7.08. The molecular formula is C13H17N3O3S. The van der Waals surface area contributed by atoms with Gasteiger partial charge in [-0.25, -0.2) is 0 Å². The molecular weight excluding hydrogens is 278 g/mol. The van der Waals surface area contributed by atoms with Crippen molar-refractivity contribution >= 4 is 17.3 Å². The zero-order valence-electron chi connectivity index (χ0n) is 11.7. The number of nitrogens with zero attached hydrogens (tertiary/aromatic N) is 3. The van der Waals surface area contributed by atoms with Gasteiger partial charge in [0.1, 0.15) is 0 Å². The molecule has 0 N–H and O–H groups in total. The van der Waals surface area contributed by atoms with Gasteiger partial charge in [-0.1, -0.05) is 5.16 Å². The summed E-state index contributed by atoms with van der Waals surface area (Å²) in [7, 11) is 1.38. The van der Waals surface area contributed by atoms with Crippen molar-refractivity contribution in [2.75, 3.05) is 13.7 Å². The van der Waals surface area contributed by atoms with Crippen molar-refractivity contribution in [1.29, 1.82) is 0 Å². The first-order valence-corrected chi connectivity index (χ1v) is 7.20. The number of ether oxygens (including phenoxy) is 1. The van der Waals surface area contributed by atoms with Crippen LogP contribution in [0.5, 0.6) is 0 Å². The van der Waals surface area contributed by atoms with Crippen molar-refractivity contribution in [3.05, 3.63) is 22.7 Å². The second-order valence-electron chi connectivity index (χ2n) is 4.60. The Morgan fingerprint density at radius 3 is 2.95 bits per heavy atom. The Balaban J connectivity index is 2.05. The highest BCUT2D eigenvalue weighted by atomic mass is 32.1. The molecule has 0 aliphatic carbocycles. The highest BCUT2D eigenvalue weighted by Gasteiger charge is 2.18. The lowest BCUT2D eigenvalue weighted by molar-refractivity contribution is -0.142. The van der Waals surface area contributed by atoms with Crippen LogP contribution in [0.25, 0.3) is 11.4 Å². The van der Waals surface area contributed by atoms with Crippen LogP contribution in [0.15, 0.2) is 21.3 Å². The van der Waals surface area contributed by atoms with Crippen LogP contribution >= 0.6 is 11.3 Å². The lowest BCUT2D eigenvalue weighted by atomic mass is 10.3. The van der Waals surface area contributed by atoms with E-state index in [-0.39, 0.29) is 18.6 Å². The Hall–Kier alpha value is -1.73. The summed E-state index contributed by atoms with van der Waals surface area (Å²) in [6, 6.07) is 2.11. The highest BCUT2D eigenvalue weighted by Crippen LogP contribution is 2.19. The van der Waals surface area contributed by atoms with E-state index in [1.54, 1.807) is 11.3 Å². The van der Waals surface area contributed by atoms with Crippen LogP contribution in [0.2, 0.25) is 0 Å². The fraction of sp³-hybridized carbons (Fsp3) is 0.462. The summed E-state index contributed by atoms with van der Waals surface area (Å²) in [5.74, 6) is 0.781. The van der Waals surface area contributed by atoms with E-state index in [1.807, 2.05) is 35.6 Å². The van der Waals surface area contributed by atoms with E-state index in [0.29, 0.717) is 18.3 Å². The van der Waals surface area contributed by atoms with E-state index in [2.05, 4.69) is 14.9 Å². The van der Waals surface area contributed by atoms with Gasteiger partial charge in [0.05, 0.1) is 20.2 Å². The van der Waals surface area contributed by atoms with Gasteiger partial charge in [-0.2, -0.15) is 16.3 Å². The molecule has 6 nitrogen and oxygen atoms in total. The van der Waals surface area contributed by atoms with E-state index in [0.717, 1.165) is 5.56 Å². The molecule has 20 heavy (non-hydrogen) atoms. The summed E-state index contributed by atoms with van der Waals surface area (Å²) >= 11 is 1.58. The third-order valence-electron chi connectivity index (χ3n) is 2.88. The summed E-state index contributed by atoms with van der Waals surface area (Å²) in [6.07, 6.45) is 0. The minimum atomic E-state index is -0.281. The maximum atomic E-state index is 11.4. The molecule has 0 unspecified atom stereocenters. The van der Waals surface area contributed by atoms with Gasteiger partial charge in [0.25, 0.3) is 0 Å². The Kier molecular flexibility index (Phi) is 4.86. The molecule has 0 bridgehead atoms. The largest absolute Gasteiger partial charge is 0.468 e. The van der Waals surface area contributed by atoms with Gasteiger partial charge in [-0.15, -0.1) is 0 Å². The van der Waals surface area contributed by atoms with Gasteiger partial charge in [0.2, 0.25) is 11.7 Å². The number of hydrogen-bond donors (Lipinski definition) is 0. The van der Waals surface area contributed by atoms with Gasteiger partial charge in [0, 0.05) is 17.0 Å². The van der Waals surface area contributed by atoms with Crippen molar-refractivity contribution in [2.45, 2.75) is 26.4 Å². The summed E-state index contributed by atoms with van der Waals surface area (Å²) in [4.78, 5) is 17.6. The second kappa shape index (κ2) is 6.62. The first kappa shape index (κ1) is 14.7. The molecule has 0 aliphatic rings. The predicted octanol–water partition coefficient (Wildman–Crippen LogP) is 2.18. The molecule has 2 rings (SSSR count). The van der Waals surface area contributed by atoms with Gasteiger partial charge in [-0.05, 0) is 25.3 Å². The zero-order chi connectivity index (χ0) is 14.5. The molecule has 2 aromatic heterocycles. The standard InChI is InChI=1S/C13H17N3O3S/c1-9(2)16(7-12(17)18-3)6-11-14-13(15-19-11)10-4-5-20-8-10/h4-5,8-9H,6-7H2,1-3H3. The molecule has 0 aromatic carbocycles. The van der Waals surface area contributed by atoms with Crippen molar-refractivity contribution in [1.82, 2.24) is 15.0 Å². The molecule has 0 saturated heterocycles. The van der Waals surface area contributed by atoms with Crippen molar-refractivity contribution in [3.63, 3.8) is 0 Å². The summed E-state index contributed by atoms with van der Waals surface area (Å²) in [6.45, 7) is 4.62. The maximum Gasteiger partial charge on any atom is 0.319 e. The van der Waals surface area contributed by atoms with Crippen LogP contribution in [-0.2, 0) is 16.1 Å². The van der Waals surface area contributed by atoms with Crippen molar-refractivity contribution < 1.29 is 14.1 Å². The fourth-order valence-corrected chi connectivity index (χ4v) is 2.29. The van der Waals surface area contributed by atoms with Crippen LogP contribution in [0.1, 0.15) is 19.7 Å². The van der Waals surface area contributed by atoms with Gasteiger partial charge < -0.3 is 9.26 Å². The molecule has 0 aliphatic heterocycles. The Morgan fingerprint density at radius 2 is 2.35 bits per heavy atom. The molecule has 0 atom stereocenters. The molecule has 108 valence electrons. The number of methoxy groups -OCH3 is 1. The fourth-order valence-electron chi connectivity index (χ4n) is 1.65. The molecule has 7 heteroatoms. The molecule has 0 amide bonds. The molecule has 2 aromatic rings. The molecule has 2 heterocycles. The summed E-state index contributed by atoms with van der Waals surface area (Å²) < 4.78 is 9.92. The van der Waals surface area contributed by atoms with Gasteiger partial charge in [-0.3, -0.25) is 9.69 Å².